The van der Waals surface area contributed by atoms with E-state index >= 15 is 0 Å². The Kier molecular flexibility index (Phi) is 7.91. The molecule has 1 saturated heterocycles. The van der Waals surface area contributed by atoms with Gasteiger partial charge in [-0.2, -0.15) is 0 Å². The molecule has 0 N–H and O–H groups in total. The number of ether oxygens (including phenoxy) is 2. The minimum atomic E-state index is -2.09. The van der Waals surface area contributed by atoms with E-state index in [0.717, 1.165) is 24.4 Å². The number of rotatable bonds is 13. The Morgan fingerprint density at radius 3 is 2.12 bits per heavy atom. The number of unbranched alkanes of at least 4 members (excludes halogenated alkanes) is 3. The molecule has 146 valence electrons. The molecule has 3 aliphatic rings. The molecule has 1 unspecified atom stereocenters. The van der Waals surface area contributed by atoms with Crippen LogP contribution in [0.5, 0.6) is 0 Å². The third-order valence-corrected chi connectivity index (χ3v) is 29.2. The fraction of sp³-hybridized carbons (Fsp3) is 1.00. The molecule has 2 nitrogen and oxygen atoms in total. The average molecular weight is 475 g/mol. The number of hydrogen-bond donors (Lipinski definition) is 0. The average Bonchev–Trinajstić information content (AvgIpc) is 3.17. The maximum atomic E-state index is 6.60. The van der Waals surface area contributed by atoms with Gasteiger partial charge in [-0.15, -0.1) is 0 Å². The van der Waals surface area contributed by atoms with Crippen LogP contribution in [0.25, 0.3) is 0 Å². The zero-order valence-corrected chi connectivity index (χ0v) is 20.5. The van der Waals surface area contributed by atoms with Gasteiger partial charge in [0.25, 0.3) is 0 Å². The van der Waals surface area contributed by atoms with Crippen molar-refractivity contribution in [1.82, 2.24) is 0 Å². The van der Waals surface area contributed by atoms with E-state index in [1.54, 1.807) is 13.3 Å². The number of fused-ring (bicyclic) bond motifs is 3. The summed E-state index contributed by atoms with van der Waals surface area (Å²) in [4.78, 5) is 0. The standard InChI is InChI=1S/C9H14O2S.3C4H9.Sn/c12-5-10-8-6-1-2-7(3-6)9(8)4-11-9;3*1-3-4-2;/h6-8,12H,1-5H2;3*1,3-4H2,2H3;/q;;;;+1/p-1/t6-,7+,8-,9?;;;;/m0..../s1. The summed E-state index contributed by atoms with van der Waals surface area (Å²) in [6.45, 7) is 8.07. The van der Waals surface area contributed by atoms with Gasteiger partial charge in [0.05, 0.1) is 0 Å². The van der Waals surface area contributed by atoms with Crippen molar-refractivity contribution in [3.8, 4) is 0 Å². The summed E-state index contributed by atoms with van der Waals surface area (Å²) in [5, 5.41) is 0. The van der Waals surface area contributed by atoms with Crippen LogP contribution in [0.2, 0.25) is 13.3 Å². The van der Waals surface area contributed by atoms with Gasteiger partial charge < -0.3 is 0 Å². The zero-order chi connectivity index (χ0) is 17.8. The van der Waals surface area contributed by atoms with Gasteiger partial charge >= 0.3 is 163 Å². The Morgan fingerprint density at radius 2 is 1.60 bits per heavy atom. The van der Waals surface area contributed by atoms with Crippen LogP contribution < -0.4 is 0 Å². The van der Waals surface area contributed by atoms with Crippen molar-refractivity contribution in [2.45, 2.75) is 104 Å². The predicted octanol–water partition coefficient (Wildman–Crippen LogP) is 6.61. The van der Waals surface area contributed by atoms with Crippen molar-refractivity contribution < 1.29 is 9.47 Å². The molecule has 3 rings (SSSR count). The van der Waals surface area contributed by atoms with Gasteiger partial charge in [-0.25, -0.2) is 0 Å². The molecule has 0 aromatic carbocycles. The van der Waals surface area contributed by atoms with Gasteiger partial charge in [-0.05, 0) is 0 Å². The van der Waals surface area contributed by atoms with E-state index in [-0.39, 0.29) is 5.60 Å². The van der Waals surface area contributed by atoms with Gasteiger partial charge in [-0.1, -0.05) is 0 Å². The van der Waals surface area contributed by atoms with Gasteiger partial charge in [0.1, 0.15) is 0 Å². The molecule has 1 aliphatic heterocycles. The first-order chi connectivity index (χ1) is 12.2. The quantitative estimate of drug-likeness (QED) is 0.170. The predicted molar refractivity (Wildman–Crippen MR) is 112 cm³/mol. The molecule has 0 amide bonds. The number of epoxide rings is 1. The SMILES string of the molecule is CCC[CH2][Sn]([CH2]CCC)([CH2]CCC)[S]CO[C@H]1[C@H]2CC[C@H](C2)C12CO2. The first-order valence-corrected chi connectivity index (χ1v) is 21.6. The summed E-state index contributed by atoms with van der Waals surface area (Å²) in [5.41, 5.74) is 0.178. The van der Waals surface area contributed by atoms with Crippen LogP contribution in [0, 0.1) is 11.8 Å². The third kappa shape index (κ3) is 4.74. The Bertz CT molecular complexity index is 391. The molecule has 1 spiro atoms. The molecule has 25 heavy (non-hydrogen) atoms. The van der Waals surface area contributed by atoms with Crippen LogP contribution in [0.4, 0.5) is 0 Å². The molecule has 2 saturated carbocycles. The first kappa shape index (κ1) is 20.8. The second-order valence-corrected chi connectivity index (χ2v) is 28.7. The van der Waals surface area contributed by atoms with Crippen LogP contribution in [-0.2, 0) is 9.47 Å². The second kappa shape index (κ2) is 9.51. The van der Waals surface area contributed by atoms with Crippen molar-refractivity contribution in [2.75, 3.05) is 12.5 Å². The third-order valence-electron chi connectivity index (χ3n) is 7.12. The van der Waals surface area contributed by atoms with E-state index in [0.29, 0.717) is 6.10 Å². The first-order valence-electron chi connectivity index (χ1n) is 11.1. The molecular weight excluding hydrogens is 435 g/mol. The van der Waals surface area contributed by atoms with Gasteiger partial charge in [-0.3, -0.25) is 0 Å². The van der Waals surface area contributed by atoms with Crippen LogP contribution >= 0.6 is 8.95 Å². The molecule has 3 fully saturated rings. The van der Waals surface area contributed by atoms with E-state index in [9.17, 15) is 0 Å². The van der Waals surface area contributed by atoms with Gasteiger partial charge in [0.2, 0.25) is 0 Å². The monoisotopic (exact) mass is 476 g/mol. The summed E-state index contributed by atoms with van der Waals surface area (Å²) in [6, 6.07) is 0. The topological polar surface area (TPSA) is 21.8 Å². The van der Waals surface area contributed by atoms with Crippen molar-refractivity contribution in [1.29, 1.82) is 0 Å². The maximum absolute atomic E-state index is 6.60. The zero-order valence-electron chi connectivity index (χ0n) is 16.9. The fourth-order valence-corrected chi connectivity index (χ4v) is 26.4. The molecule has 4 atom stereocenters. The van der Waals surface area contributed by atoms with E-state index in [4.69, 9.17) is 9.47 Å². The van der Waals surface area contributed by atoms with Crippen LogP contribution in [-0.4, -0.2) is 41.2 Å². The Hall–Kier alpha value is 1.07. The molecule has 1 heterocycles. The Morgan fingerprint density at radius 1 is 1.00 bits per heavy atom. The van der Waals surface area contributed by atoms with Gasteiger partial charge in [0.15, 0.2) is 0 Å². The number of hydrogen-bond acceptors (Lipinski definition) is 3. The van der Waals surface area contributed by atoms with E-state index in [1.165, 1.54) is 57.8 Å². The van der Waals surface area contributed by atoms with Crippen LogP contribution in [0.1, 0.15) is 78.6 Å². The second-order valence-electron chi connectivity index (χ2n) is 8.86. The van der Waals surface area contributed by atoms with Gasteiger partial charge in [0, 0.05) is 0 Å². The summed E-state index contributed by atoms with van der Waals surface area (Å²) in [6.07, 6.45) is 13.1. The molecule has 0 aromatic heterocycles. The summed E-state index contributed by atoms with van der Waals surface area (Å²) in [5.74, 6) is 2.60. The molecular formula is C21H40O2SSn. The fourth-order valence-electron chi connectivity index (χ4n) is 5.45. The summed E-state index contributed by atoms with van der Waals surface area (Å²) < 4.78 is 17.3. The van der Waals surface area contributed by atoms with Crippen molar-refractivity contribution in [3.63, 3.8) is 0 Å². The summed E-state index contributed by atoms with van der Waals surface area (Å²) >= 11 is -2.09. The van der Waals surface area contributed by atoms with E-state index < -0.39 is 17.0 Å². The van der Waals surface area contributed by atoms with E-state index in [1.807, 2.05) is 0 Å². The molecule has 0 aromatic rings. The van der Waals surface area contributed by atoms with E-state index in [2.05, 4.69) is 29.7 Å². The molecule has 0 radical (unpaired) electrons. The Balaban J connectivity index is 1.55. The Labute approximate surface area is 162 Å². The molecule has 2 aliphatic carbocycles. The molecule has 2 bridgehead atoms. The van der Waals surface area contributed by atoms with Crippen molar-refractivity contribution in [3.05, 3.63) is 0 Å². The summed E-state index contributed by atoms with van der Waals surface area (Å²) in [7, 11) is 2.36. The minimum absolute atomic E-state index is 0.178. The van der Waals surface area contributed by atoms with Crippen LogP contribution in [0.15, 0.2) is 0 Å². The van der Waals surface area contributed by atoms with Crippen molar-refractivity contribution >= 4 is 25.9 Å². The van der Waals surface area contributed by atoms with Crippen LogP contribution in [0.3, 0.4) is 0 Å². The normalized spacial score (nSPS) is 33.5. The van der Waals surface area contributed by atoms with Crippen molar-refractivity contribution in [2.24, 2.45) is 11.8 Å². The molecule has 4 heteroatoms.